The predicted molar refractivity (Wildman–Crippen MR) is 70.4 cm³/mol. The van der Waals surface area contributed by atoms with Gasteiger partial charge in [0.05, 0.1) is 15.5 Å². The van der Waals surface area contributed by atoms with Crippen LogP contribution in [0.3, 0.4) is 0 Å². The molecule has 0 unspecified atom stereocenters. The van der Waals surface area contributed by atoms with Crippen molar-refractivity contribution in [3.63, 3.8) is 0 Å². The molecule has 0 atom stereocenters. The highest BCUT2D eigenvalue weighted by atomic mass is 79.9. The van der Waals surface area contributed by atoms with E-state index in [1.165, 1.54) is 24.3 Å². The van der Waals surface area contributed by atoms with Gasteiger partial charge in [-0.25, -0.2) is 12.8 Å². The molecule has 0 aliphatic rings. The molecular weight excluding hydrogens is 321 g/mol. The number of rotatable bonds is 2. The molecule has 0 aliphatic carbocycles. The van der Waals surface area contributed by atoms with Crippen molar-refractivity contribution in [2.24, 2.45) is 0 Å². The lowest BCUT2D eigenvalue weighted by Crippen LogP contribution is -2.05. The summed E-state index contributed by atoms with van der Waals surface area (Å²) in [5.41, 5.74) is 5.82. The van der Waals surface area contributed by atoms with Gasteiger partial charge >= 0.3 is 0 Å². The van der Waals surface area contributed by atoms with Crippen LogP contribution in [0.5, 0.6) is 0 Å². The molecule has 0 aromatic heterocycles. The summed E-state index contributed by atoms with van der Waals surface area (Å²) in [4.78, 5) is 0.0113. The summed E-state index contributed by atoms with van der Waals surface area (Å²) in [5.74, 6) is -0.490. The molecule has 2 aromatic rings. The molecule has 6 heteroatoms. The van der Waals surface area contributed by atoms with Crippen molar-refractivity contribution in [1.29, 1.82) is 0 Å². The van der Waals surface area contributed by atoms with Crippen LogP contribution in [0.15, 0.2) is 56.7 Å². The SMILES string of the molecule is Nc1ccc(Br)cc1S(=O)(=O)c1ccc(F)cc1. The van der Waals surface area contributed by atoms with E-state index in [-0.39, 0.29) is 15.5 Å². The minimum atomic E-state index is -3.73. The van der Waals surface area contributed by atoms with E-state index in [4.69, 9.17) is 5.73 Å². The molecule has 0 amide bonds. The van der Waals surface area contributed by atoms with Gasteiger partial charge in [0.2, 0.25) is 9.84 Å². The number of sulfone groups is 1. The highest BCUT2D eigenvalue weighted by molar-refractivity contribution is 9.10. The lowest BCUT2D eigenvalue weighted by atomic mass is 10.3. The Morgan fingerprint density at radius 2 is 1.67 bits per heavy atom. The molecule has 0 bridgehead atoms. The Balaban J connectivity index is 2.61. The molecule has 0 aliphatic heterocycles. The molecule has 3 nitrogen and oxygen atoms in total. The third-order valence-corrected chi connectivity index (χ3v) is 4.71. The Morgan fingerprint density at radius 1 is 1.06 bits per heavy atom. The molecule has 0 radical (unpaired) electrons. The van der Waals surface area contributed by atoms with Gasteiger partial charge < -0.3 is 5.73 Å². The monoisotopic (exact) mass is 329 g/mol. The van der Waals surface area contributed by atoms with Gasteiger partial charge in [-0.1, -0.05) is 15.9 Å². The van der Waals surface area contributed by atoms with E-state index in [0.717, 1.165) is 12.1 Å². The fraction of sp³-hybridized carbons (Fsp3) is 0. The molecule has 0 saturated carbocycles. The second kappa shape index (κ2) is 4.70. The average molecular weight is 330 g/mol. The lowest BCUT2D eigenvalue weighted by molar-refractivity contribution is 0.595. The number of nitrogen functional groups attached to an aromatic ring is 1. The van der Waals surface area contributed by atoms with Crippen molar-refractivity contribution in [1.82, 2.24) is 0 Å². The minimum absolute atomic E-state index is 0.00323. The van der Waals surface area contributed by atoms with Gasteiger partial charge in [0, 0.05) is 4.47 Å². The van der Waals surface area contributed by atoms with Gasteiger partial charge in [-0.15, -0.1) is 0 Å². The Bertz CT molecular complexity index is 684. The highest BCUT2D eigenvalue weighted by Gasteiger charge is 2.20. The van der Waals surface area contributed by atoms with Crippen LogP contribution in [0.1, 0.15) is 0 Å². The maximum atomic E-state index is 12.8. The molecule has 2 aromatic carbocycles. The number of nitrogens with two attached hydrogens (primary N) is 1. The van der Waals surface area contributed by atoms with Gasteiger partial charge in [0.15, 0.2) is 0 Å². The molecule has 0 spiro atoms. The fourth-order valence-corrected chi connectivity index (χ4v) is 3.40. The number of benzene rings is 2. The largest absolute Gasteiger partial charge is 0.398 e. The van der Waals surface area contributed by atoms with Crippen LogP contribution in [-0.4, -0.2) is 8.42 Å². The van der Waals surface area contributed by atoms with Crippen molar-refractivity contribution in [3.8, 4) is 0 Å². The van der Waals surface area contributed by atoms with Crippen LogP contribution in [0.25, 0.3) is 0 Å². The first-order valence-corrected chi connectivity index (χ1v) is 7.24. The fourth-order valence-electron chi connectivity index (χ4n) is 1.48. The van der Waals surface area contributed by atoms with E-state index in [2.05, 4.69) is 15.9 Å². The van der Waals surface area contributed by atoms with Crippen molar-refractivity contribution in [2.45, 2.75) is 9.79 Å². The number of hydrogen-bond acceptors (Lipinski definition) is 3. The smallest absolute Gasteiger partial charge is 0.208 e. The predicted octanol–water partition coefficient (Wildman–Crippen LogP) is 3.00. The Kier molecular flexibility index (Phi) is 3.41. The maximum Gasteiger partial charge on any atom is 0.208 e. The van der Waals surface area contributed by atoms with Crippen LogP contribution in [0.4, 0.5) is 10.1 Å². The average Bonchev–Trinajstić information content (AvgIpc) is 2.32. The number of halogens is 2. The summed E-state index contributed by atoms with van der Waals surface area (Å²) in [6.07, 6.45) is 0. The van der Waals surface area contributed by atoms with E-state index < -0.39 is 15.7 Å². The second-order valence-corrected chi connectivity index (χ2v) is 6.47. The third kappa shape index (κ3) is 2.39. The van der Waals surface area contributed by atoms with Crippen molar-refractivity contribution in [3.05, 3.63) is 52.8 Å². The molecule has 0 fully saturated rings. The zero-order chi connectivity index (χ0) is 13.3. The summed E-state index contributed by atoms with van der Waals surface area (Å²) in [5, 5.41) is 0. The maximum absolute atomic E-state index is 12.8. The highest BCUT2D eigenvalue weighted by Crippen LogP contribution is 2.28. The summed E-state index contributed by atoms with van der Waals surface area (Å²) in [6.45, 7) is 0. The van der Waals surface area contributed by atoms with Gasteiger partial charge in [-0.05, 0) is 42.5 Å². The van der Waals surface area contributed by atoms with Crippen molar-refractivity contribution < 1.29 is 12.8 Å². The normalized spacial score (nSPS) is 11.4. The Labute approximate surface area is 112 Å². The topological polar surface area (TPSA) is 60.2 Å². The Hall–Kier alpha value is -1.40. The first-order chi connectivity index (χ1) is 8.41. The Morgan fingerprint density at radius 3 is 2.28 bits per heavy atom. The van der Waals surface area contributed by atoms with Crippen molar-refractivity contribution in [2.75, 3.05) is 5.73 Å². The van der Waals surface area contributed by atoms with E-state index in [0.29, 0.717) is 4.47 Å². The second-order valence-electron chi connectivity index (χ2n) is 3.64. The number of hydrogen-bond donors (Lipinski definition) is 1. The van der Waals surface area contributed by atoms with E-state index in [1.54, 1.807) is 6.07 Å². The first kappa shape index (κ1) is 13.0. The summed E-state index contributed by atoms with van der Waals surface area (Å²) < 4.78 is 38.0. The lowest BCUT2D eigenvalue weighted by Gasteiger charge is -2.08. The number of anilines is 1. The van der Waals surface area contributed by atoms with Crippen molar-refractivity contribution >= 4 is 31.5 Å². The van der Waals surface area contributed by atoms with E-state index in [9.17, 15) is 12.8 Å². The van der Waals surface area contributed by atoms with Crippen LogP contribution < -0.4 is 5.73 Å². The molecule has 2 rings (SSSR count). The molecular formula is C12H9BrFNO2S. The van der Waals surface area contributed by atoms with Gasteiger partial charge in [0.1, 0.15) is 5.82 Å². The standard InChI is InChI=1S/C12H9BrFNO2S/c13-8-1-6-11(15)12(7-8)18(16,17)10-4-2-9(14)3-5-10/h1-7H,15H2. The molecule has 18 heavy (non-hydrogen) atoms. The van der Waals surface area contributed by atoms with Crippen LogP contribution >= 0.6 is 15.9 Å². The first-order valence-electron chi connectivity index (χ1n) is 4.97. The zero-order valence-electron chi connectivity index (χ0n) is 9.10. The van der Waals surface area contributed by atoms with Crippen LogP contribution in [-0.2, 0) is 9.84 Å². The summed E-state index contributed by atoms with van der Waals surface area (Å²) >= 11 is 3.19. The van der Waals surface area contributed by atoms with Crippen LogP contribution in [0.2, 0.25) is 0 Å². The van der Waals surface area contributed by atoms with Gasteiger partial charge in [-0.3, -0.25) is 0 Å². The van der Waals surface area contributed by atoms with Crippen LogP contribution in [0, 0.1) is 5.82 Å². The summed E-state index contributed by atoms with van der Waals surface area (Å²) in [7, 11) is -3.73. The molecule has 0 heterocycles. The van der Waals surface area contributed by atoms with Gasteiger partial charge in [0.25, 0.3) is 0 Å². The molecule has 0 saturated heterocycles. The third-order valence-electron chi connectivity index (χ3n) is 2.39. The van der Waals surface area contributed by atoms with E-state index >= 15 is 0 Å². The molecule has 94 valence electrons. The summed E-state index contributed by atoms with van der Waals surface area (Å²) in [6, 6.07) is 9.20. The molecule has 2 N–H and O–H groups in total. The zero-order valence-corrected chi connectivity index (χ0v) is 11.5. The minimum Gasteiger partial charge on any atom is -0.398 e. The van der Waals surface area contributed by atoms with Gasteiger partial charge in [-0.2, -0.15) is 0 Å². The quantitative estimate of drug-likeness (QED) is 0.680. The van der Waals surface area contributed by atoms with E-state index in [1.807, 2.05) is 0 Å².